The molecule has 3 heterocycles. The molecule has 0 spiro atoms. The molecule has 3 aromatic carbocycles. The predicted molar refractivity (Wildman–Crippen MR) is 208 cm³/mol. The lowest BCUT2D eigenvalue weighted by Crippen LogP contribution is -2.44. The highest BCUT2D eigenvalue weighted by atomic mass is 32.1. The quantitative estimate of drug-likeness (QED) is 0.118. The van der Waals surface area contributed by atoms with Gasteiger partial charge in [0.05, 0.1) is 66.7 Å². The van der Waals surface area contributed by atoms with E-state index in [1.165, 1.54) is 33.9 Å². The molecule has 6 rings (SSSR count). The van der Waals surface area contributed by atoms with Crippen molar-refractivity contribution in [1.82, 2.24) is 14.5 Å². The summed E-state index contributed by atoms with van der Waals surface area (Å²) < 4.78 is 71.9. The average Bonchev–Trinajstić information content (AvgIpc) is 3.39. The van der Waals surface area contributed by atoms with Gasteiger partial charge in [-0.3, -0.25) is 29.0 Å². The van der Waals surface area contributed by atoms with Crippen LogP contribution in [-0.4, -0.2) is 74.9 Å². The van der Waals surface area contributed by atoms with Crippen LogP contribution in [0.3, 0.4) is 0 Å². The van der Waals surface area contributed by atoms with Gasteiger partial charge in [-0.2, -0.15) is 18.4 Å². The fourth-order valence-electron chi connectivity index (χ4n) is 6.31. The van der Waals surface area contributed by atoms with Gasteiger partial charge in [-0.1, -0.05) is 0 Å². The molecule has 1 aliphatic heterocycles. The molecule has 2 N–H and O–H groups in total. The maximum absolute atomic E-state index is 13.7. The van der Waals surface area contributed by atoms with Crippen molar-refractivity contribution in [2.24, 2.45) is 0 Å². The number of hydrogen-bond acceptors (Lipinski definition) is 10. The number of rotatable bonds is 14. The van der Waals surface area contributed by atoms with Gasteiger partial charge in [-0.05, 0) is 80.9 Å². The standard InChI is InChI=1S/C39H36F3N7O7S/c1-24-30-11-10-29(21-32(30)45-23-33(24)47-14-12-34(50)46-36(47)52)56-19-18-55-17-16-54-15-13-44-26-5-8-27(9-6-26)49-37(57-53)48(35(51)38(49,2)3)28-7-4-25(22-43)31(20-28)39(40,41)42/h4-12,14,20-21,23,44H,13,15-19H2,1-3H3,(H,46,50,52). The van der Waals surface area contributed by atoms with Gasteiger partial charge in [0.25, 0.3) is 11.5 Å². The summed E-state index contributed by atoms with van der Waals surface area (Å²) >= 11 is -0.0163. The van der Waals surface area contributed by atoms with Crippen molar-refractivity contribution < 1.29 is 36.4 Å². The third-order valence-corrected chi connectivity index (χ3v) is 9.68. The number of pyridine rings is 1. The smallest absolute Gasteiger partial charge is 0.417 e. The molecule has 1 fully saturated rings. The zero-order chi connectivity index (χ0) is 40.9. The van der Waals surface area contributed by atoms with E-state index in [4.69, 9.17) is 14.2 Å². The van der Waals surface area contributed by atoms with Crippen molar-refractivity contribution in [3.8, 4) is 17.5 Å². The van der Waals surface area contributed by atoms with Gasteiger partial charge < -0.3 is 24.4 Å². The summed E-state index contributed by atoms with van der Waals surface area (Å²) in [4.78, 5) is 46.4. The van der Waals surface area contributed by atoms with Gasteiger partial charge in [0.2, 0.25) is 5.11 Å². The molecule has 0 bridgehead atoms. The Hall–Kier alpha value is -6.29. The molecule has 2 aromatic heterocycles. The maximum Gasteiger partial charge on any atom is 0.417 e. The highest BCUT2D eigenvalue weighted by molar-refractivity contribution is 7.67. The largest absolute Gasteiger partial charge is 0.491 e. The number of nitrogens with zero attached hydrogens (tertiary/aromatic N) is 5. The lowest BCUT2D eigenvalue weighted by Gasteiger charge is -2.29. The topological polar surface area (TPSA) is 172 Å². The second-order valence-electron chi connectivity index (χ2n) is 13.2. The maximum atomic E-state index is 13.7. The molecule has 1 amide bonds. The second-order valence-corrected chi connectivity index (χ2v) is 13.7. The van der Waals surface area contributed by atoms with Gasteiger partial charge in [0, 0.05) is 41.6 Å². The zero-order valence-corrected chi connectivity index (χ0v) is 31.7. The van der Waals surface area contributed by atoms with Crippen LogP contribution in [0.15, 0.2) is 88.7 Å². The Balaban J connectivity index is 0.933. The minimum absolute atomic E-state index is 0.0163. The SMILES string of the molecule is Cc1c(-n2ccc(=O)[nH]c2=O)cnc2cc(OCCOCCOCCNc3ccc(N4C(=S=O)N(c5ccc(C#N)c(C(F)(F)F)c5)C(=O)C4(C)C)cc3)ccc12. The molecule has 14 nitrogen and oxygen atoms in total. The number of alkyl halides is 3. The average molecular weight is 804 g/mol. The Morgan fingerprint density at radius 1 is 0.930 bits per heavy atom. The van der Waals surface area contributed by atoms with E-state index in [0.29, 0.717) is 68.3 Å². The van der Waals surface area contributed by atoms with E-state index < -0.39 is 40.0 Å². The molecule has 18 heteroatoms. The first kappa shape index (κ1) is 40.4. The van der Waals surface area contributed by atoms with Gasteiger partial charge in [0.15, 0.2) is 0 Å². The Bertz CT molecular complexity index is 2530. The predicted octanol–water partition coefficient (Wildman–Crippen LogP) is 4.73. The van der Waals surface area contributed by atoms with Crippen LogP contribution in [-0.2, 0) is 31.7 Å². The molecule has 1 saturated heterocycles. The lowest BCUT2D eigenvalue weighted by molar-refractivity contribution is -0.137. The third kappa shape index (κ3) is 8.60. The van der Waals surface area contributed by atoms with Crippen molar-refractivity contribution in [1.29, 1.82) is 5.26 Å². The molecular weight excluding hydrogens is 768 g/mol. The van der Waals surface area contributed by atoms with E-state index in [0.717, 1.165) is 27.6 Å². The number of carbonyl (C=O) groups is 1. The lowest BCUT2D eigenvalue weighted by atomic mass is 10.0. The summed E-state index contributed by atoms with van der Waals surface area (Å²) in [6.07, 6.45) is -1.86. The monoisotopic (exact) mass is 803 g/mol. The van der Waals surface area contributed by atoms with Crippen LogP contribution in [0.1, 0.15) is 30.5 Å². The number of ether oxygens (including phenoxy) is 3. The molecule has 0 saturated carbocycles. The minimum atomic E-state index is -4.84. The number of hydrogen-bond donors (Lipinski definition) is 2. The van der Waals surface area contributed by atoms with Crippen molar-refractivity contribution >= 4 is 50.2 Å². The summed E-state index contributed by atoms with van der Waals surface area (Å²) in [5.74, 6) is 0.00432. The number of aryl methyl sites for hydroxylation is 1. The number of H-pyrrole nitrogens is 1. The first-order valence-corrected chi connectivity index (χ1v) is 18.3. The number of amides is 1. The van der Waals surface area contributed by atoms with Crippen molar-refractivity contribution in [2.45, 2.75) is 32.5 Å². The molecule has 0 aliphatic carbocycles. The van der Waals surface area contributed by atoms with Gasteiger partial charge in [-0.15, -0.1) is 0 Å². The van der Waals surface area contributed by atoms with Gasteiger partial charge >= 0.3 is 11.9 Å². The number of aromatic nitrogens is 3. The van der Waals surface area contributed by atoms with Crippen LogP contribution >= 0.6 is 0 Å². The second kappa shape index (κ2) is 16.8. The van der Waals surface area contributed by atoms with E-state index in [-0.39, 0.29) is 22.1 Å². The third-order valence-electron chi connectivity index (χ3n) is 9.17. The summed E-state index contributed by atoms with van der Waals surface area (Å²) in [5, 5.41) is 13.1. The summed E-state index contributed by atoms with van der Waals surface area (Å²) in [6.45, 7) is 7.19. The summed E-state index contributed by atoms with van der Waals surface area (Å²) in [6, 6.07) is 18.0. The zero-order valence-electron chi connectivity index (χ0n) is 30.9. The van der Waals surface area contributed by atoms with Crippen LogP contribution in [0.25, 0.3) is 16.6 Å². The molecule has 0 unspecified atom stereocenters. The summed E-state index contributed by atoms with van der Waals surface area (Å²) in [7, 11) is 0. The molecule has 296 valence electrons. The fraction of sp³-hybridized carbons (Fsp3) is 0.282. The molecule has 57 heavy (non-hydrogen) atoms. The normalized spacial score (nSPS) is 13.9. The van der Waals surface area contributed by atoms with Gasteiger partial charge in [-0.25, -0.2) is 9.00 Å². The minimum Gasteiger partial charge on any atom is -0.491 e. The van der Waals surface area contributed by atoms with E-state index in [2.05, 4.69) is 15.3 Å². The van der Waals surface area contributed by atoms with E-state index in [9.17, 15) is 37.0 Å². The number of anilines is 3. The number of benzene rings is 3. The van der Waals surface area contributed by atoms with Crippen LogP contribution in [0.2, 0.25) is 0 Å². The summed E-state index contributed by atoms with van der Waals surface area (Å²) in [5.41, 5.74) is -1.03. The van der Waals surface area contributed by atoms with E-state index >= 15 is 0 Å². The first-order chi connectivity index (χ1) is 27.2. The molecule has 0 radical (unpaired) electrons. The number of nitrogens with one attached hydrogen (secondary N) is 2. The first-order valence-electron chi connectivity index (χ1n) is 17.5. The van der Waals surface area contributed by atoms with Crippen LogP contribution in [0.4, 0.5) is 30.2 Å². The Kier molecular flexibility index (Phi) is 11.9. The Morgan fingerprint density at radius 3 is 2.32 bits per heavy atom. The Morgan fingerprint density at radius 2 is 1.63 bits per heavy atom. The highest BCUT2D eigenvalue weighted by Crippen LogP contribution is 2.39. The molecular formula is C39H36F3N7O7S. The number of carbonyl (C=O) groups excluding carboxylic acids is 1. The fourth-order valence-corrected chi connectivity index (χ4v) is 6.98. The number of fused-ring (bicyclic) bond motifs is 1. The highest BCUT2D eigenvalue weighted by Gasteiger charge is 2.51. The van der Waals surface area contributed by atoms with Crippen LogP contribution in [0.5, 0.6) is 5.75 Å². The van der Waals surface area contributed by atoms with Crippen molar-refractivity contribution in [3.63, 3.8) is 0 Å². The van der Waals surface area contributed by atoms with Crippen molar-refractivity contribution in [2.75, 3.05) is 54.7 Å². The number of nitriles is 1. The number of aromatic amines is 1. The molecule has 5 aromatic rings. The van der Waals surface area contributed by atoms with Crippen LogP contribution < -0.4 is 31.1 Å². The Labute approximate surface area is 327 Å². The van der Waals surface area contributed by atoms with Crippen molar-refractivity contribution in [3.05, 3.63) is 117 Å². The van der Waals surface area contributed by atoms with Gasteiger partial charge in [0.1, 0.15) is 29.2 Å². The van der Waals surface area contributed by atoms with Crippen LogP contribution in [0, 0.1) is 18.3 Å². The number of halogens is 3. The molecule has 0 atom stereocenters. The van der Waals surface area contributed by atoms with E-state index in [1.807, 2.05) is 13.0 Å². The van der Waals surface area contributed by atoms with E-state index in [1.54, 1.807) is 56.4 Å². The molecule has 1 aliphatic rings.